The van der Waals surface area contributed by atoms with E-state index in [1.807, 2.05) is 61.5 Å². The Morgan fingerprint density at radius 2 is 1.77 bits per heavy atom. The number of ether oxygens (including phenoxy) is 3. The summed E-state index contributed by atoms with van der Waals surface area (Å²) in [6, 6.07) is 20.5. The minimum Gasteiger partial charge on any atom is -0.497 e. The molecule has 1 N–H and O–H groups in total. The van der Waals surface area contributed by atoms with Crippen LogP contribution >= 0.6 is 0 Å². The molecular weight excluding hydrogens is 380 g/mol. The van der Waals surface area contributed by atoms with Gasteiger partial charge in [-0.1, -0.05) is 12.1 Å². The molecule has 6 heteroatoms. The second kappa shape index (κ2) is 10.1. The Morgan fingerprint density at radius 1 is 0.967 bits per heavy atom. The smallest absolute Gasteiger partial charge is 0.262 e. The molecular formula is C24H24N2O4. The number of hydrogen-bond acceptors (Lipinski definition) is 5. The molecule has 3 aromatic carbocycles. The van der Waals surface area contributed by atoms with Crippen LogP contribution in [0.15, 0.2) is 71.7 Å². The Kier molecular flexibility index (Phi) is 7.05. The van der Waals surface area contributed by atoms with Crippen LogP contribution in [-0.4, -0.2) is 32.9 Å². The van der Waals surface area contributed by atoms with E-state index in [0.717, 1.165) is 28.3 Å². The van der Waals surface area contributed by atoms with E-state index in [2.05, 4.69) is 10.3 Å². The monoisotopic (exact) mass is 404 g/mol. The summed E-state index contributed by atoms with van der Waals surface area (Å²) in [6.45, 7) is 1.85. The Balaban J connectivity index is 1.61. The summed E-state index contributed by atoms with van der Waals surface area (Å²) in [5, 5.41) is 2.81. The second-order valence-corrected chi connectivity index (χ2v) is 6.57. The van der Waals surface area contributed by atoms with Gasteiger partial charge >= 0.3 is 0 Å². The topological polar surface area (TPSA) is 69.2 Å². The average molecular weight is 404 g/mol. The quantitative estimate of drug-likeness (QED) is 0.549. The van der Waals surface area contributed by atoms with Crippen LogP contribution < -0.4 is 19.5 Å². The number of aliphatic imine (C=N–C) groups is 1. The highest BCUT2D eigenvalue weighted by atomic mass is 16.5. The van der Waals surface area contributed by atoms with Gasteiger partial charge in [0, 0.05) is 11.9 Å². The first-order valence-corrected chi connectivity index (χ1v) is 9.43. The predicted octanol–water partition coefficient (Wildman–Crippen LogP) is 4.78. The lowest BCUT2D eigenvalue weighted by molar-refractivity contribution is -0.118. The summed E-state index contributed by atoms with van der Waals surface area (Å²) >= 11 is 0. The molecule has 0 aliphatic carbocycles. The number of aryl methyl sites for hydroxylation is 1. The third kappa shape index (κ3) is 5.85. The lowest BCUT2D eigenvalue weighted by Crippen LogP contribution is -2.20. The van der Waals surface area contributed by atoms with Crippen molar-refractivity contribution in [1.82, 2.24) is 0 Å². The molecule has 0 saturated heterocycles. The fourth-order valence-corrected chi connectivity index (χ4v) is 2.76. The van der Waals surface area contributed by atoms with E-state index in [1.54, 1.807) is 32.6 Å². The standard InChI is InChI=1S/C24H24N2O4/c1-17-5-4-6-20(13-17)26-24(27)16-30-22-12-7-18(14-23(22)29-3)15-25-19-8-10-21(28-2)11-9-19/h4-15H,16H2,1-3H3,(H,26,27). The number of rotatable bonds is 8. The van der Waals surface area contributed by atoms with Gasteiger partial charge in [0.05, 0.1) is 19.9 Å². The highest BCUT2D eigenvalue weighted by Gasteiger charge is 2.09. The normalized spacial score (nSPS) is 10.6. The van der Waals surface area contributed by atoms with Crippen molar-refractivity contribution in [2.45, 2.75) is 6.92 Å². The molecule has 0 heterocycles. The Labute approximate surface area is 176 Å². The molecule has 0 fully saturated rings. The van der Waals surface area contributed by atoms with E-state index in [9.17, 15) is 4.79 Å². The molecule has 3 aromatic rings. The molecule has 0 aliphatic heterocycles. The lowest BCUT2D eigenvalue weighted by atomic mass is 10.2. The summed E-state index contributed by atoms with van der Waals surface area (Å²) in [7, 11) is 3.18. The zero-order valence-electron chi connectivity index (χ0n) is 17.2. The van der Waals surface area contributed by atoms with Crippen LogP contribution in [0.5, 0.6) is 17.2 Å². The molecule has 30 heavy (non-hydrogen) atoms. The zero-order valence-corrected chi connectivity index (χ0v) is 17.2. The van der Waals surface area contributed by atoms with Gasteiger partial charge in [0.25, 0.3) is 5.91 Å². The molecule has 154 valence electrons. The van der Waals surface area contributed by atoms with Gasteiger partial charge in [-0.2, -0.15) is 0 Å². The number of carbonyl (C=O) groups is 1. The number of carbonyl (C=O) groups excluding carboxylic acids is 1. The van der Waals surface area contributed by atoms with Gasteiger partial charge in [0.1, 0.15) is 5.75 Å². The van der Waals surface area contributed by atoms with Crippen LogP contribution in [0.25, 0.3) is 0 Å². The third-order valence-electron chi connectivity index (χ3n) is 4.28. The van der Waals surface area contributed by atoms with Crippen molar-refractivity contribution < 1.29 is 19.0 Å². The SMILES string of the molecule is COc1ccc(N=Cc2ccc(OCC(=O)Nc3cccc(C)c3)c(OC)c2)cc1. The fraction of sp³-hybridized carbons (Fsp3) is 0.167. The number of amides is 1. The molecule has 0 atom stereocenters. The molecule has 0 spiro atoms. The number of nitrogens with one attached hydrogen (secondary N) is 1. The minimum absolute atomic E-state index is 0.121. The average Bonchev–Trinajstić information content (AvgIpc) is 2.77. The number of nitrogens with zero attached hydrogens (tertiary/aromatic N) is 1. The maximum atomic E-state index is 12.2. The van der Waals surface area contributed by atoms with Gasteiger partial charge in [-0.15, -0.1) is 0 Å². The largest absolute Gasteiger partial charge is 0.497 e. The van der Waals surface area contributed by atoms with Crippen LogP contribution in [0.2, 0.25) is 0 Å². The van der Waals surface area contributed by atoms with Crippen LogP contribution in [-0.2, 0) is 4.79 Å². The molecule has 0 aliphatic rings. The first-order valence-electron chi connectivity index (χ1n) is 9.43. The van der Waals surface area contributed by atoms with Crippen molar-refractivity contribution in [3.63, 3.8) is 0 Å². The number of benzene rings is 3. The molecule has 0 aromatic heterocycles. The number of hydrogen-bond donors (Lipinski definition) is 1. The molecule has 0 bridgehead atoms. The highest BCUT2D eigenvalue weighted by Crippen LogP contribution is 2.28. The van der Waals surface area contributed by atoms with Crippen molar-refractivity contribution in [3.8, 4) is 17.2 Å². The van der Waals surface area contributed by atoms with Crippen molar-refractivity contribution in [2.75, 3.05) is 26.1 Å². The third-order valence-corrected chi connectivity index (χ3v) is 4.28. The molecule has 1 amide bonds. The van der Waals surface area contributed by atoms with E-state index < -0.39 is 0 Å². The summed E-state index contributed by atoms with van der Waals surface area (Å²) in [5.74, 6) is 1.55. The van der Waals surface area contributed by atoms with Crippen LogP contribution in [0.1, 0.15) is 11.1 Å². The summed E-state index contributed by atoms with van der Waals surface area (Å²) < 4.78 is 16.2. The van der Waals surface area contributed by atoms with Crippen molar-refractivity contribution in [1.29, 1.82) is 0 Å². The van der Waals surface area contributed by atoms with E-state index in [4.69, 9.17) is 14.2 Å². The maximum Gasteiger partial charge on any atom is 0.262 e. The zero-order chi connectivity index (χ0) is 21.3. The van der Waals surface area contributed by atoms with Gasteiger partial charge in [0.2, 0.25) is 0 Å². The minimum atomic E-state index is -0.243. The van der Waals surface area contributed by atoms with Gasteiger partial charge < -0.3 is 19.5 Å². The Hall–Kier alpha value is -3.80. The van der Waals surface area contributed by atoms with Gasteiger partial charge in [-0.05, 0) is 72.6 Å². The van der Waals surface area contributed by atoms with Crippen LogP contribution in [0.3, 0.4) is 0 Å². The second-order valence-electron chi connectivity index (χ2n) is 6.57. The van der Waals surface area contributed by atoms with Gasteiger partial charge in [0.15, 0.2) is 18.1 Å². The van der Waals surface area contributed by atoms with E-state index in [0.29, 0.717) is 11.5 Å². The first-order chi connectivity index (χ1) is 14.6. The molecule has 0 saturated carbocycles. The number of methoxy groups -OCH3 is 2. The lowest BCUT2D eigenvalue weighted by Gasteiger charge is -2.11. The van der Waals surface area contributed by atoms with Crippen molar-refractivity contribution >= 4 is 23.5 Å². The first kappa shape index (κ1) is 20.9. The fourth-order valence-electron chi connectivity index (χ4n) is 2.76. The molecule has 6 nitrogen and oxygen atoms in total. The summed E-state index contributed by atoms with van der Waals surface area (Å²) in [4.78, 5) is 16.6. The van der Waals surface area contributed by atoms with Gasteiger partial charge in [-0.25, -0.2) is 0 Å². The Bertz CT molecular complexity index is 1030. The highest BCUT2D eigenvalue weighted by molar-refractivity contribution is 5.92. The van der Waals surface area contributed by atoms with Gasteiger partial charge in [-0.3, -0.25) is 9.79 Å². The molecule has 0 radical (unpaired) electrons. The van der Waals surface area contributed by atoms with Crippen LogP contribution in [0, 0.1) is 6.92 Å². The van der Waals surface area contributed by atoms with E-state index in [-0.39, 0.29) is 12.5 Å². The predicted molar refractivity (Wildman–Crippen MR) is 119 cm³/mol. The Morgan fingerprint density at radius 3 is 2.47 bits per heavy atom. The number of anilines is 1. The molecule has 3 rings (SSSR count). The van der Waals surface area contributed by atoms with Crippen molar-refractivity contribution in [2.24, 2.45) is 4.99 Å². The van der Waals surface area contributed by atoms with E-state index >= 15 is 0 Å². The van der Waals surface area contributed by atoms with E-state index in [1.165, 1.54) is 0 Å². The summed E-state index contributed by atoms with van der Waals surface area (Å²) in [6.07, 6.45) is 1.73. The summed E-state index contributed by atoms with van der Waals surface area (Å²) in [5.41, 5.74) is 3.46. The molecule has 0 unspecified atom stereocenters. The van der Waals surface area contributed by atoms with Crippen LogP contribution in [0.4, 0.5) is 11.4 Å². The maximum absolute atomic E-state index is 12.2. The van der Waals surface area contributed by atoms with Crippen molar-refractivity contribution in [3.05, 3.63) is 77.9 Å².